The molecule has 0 bridgehead atoms. The van der Waals surface area contributed by atoms with Crippen molar-refractivity contribution in [2.24, 2.45) is 0 Å². The standard InChI is InChI=1S/C20H32N2O/c1-4-5-6-7-8-12-20(23)22-15-13-21(14-16-22)19-11-9-10-17(2)18(19)3/h9-11H,4-8,12-16H2,1-3H3. The van der Waals surface area contributed by atoms with Crippen LogP contribution in [-0.4, -0.2) is 37.0 Å². The number of carbonyl (C=O) groups is 1. The van der Waals surface area contributed by atoms with Crippen molar-refractivity contribution in [3.05, 3.63) is 29.3 Å². The number of benzene rings is 1. The molecule has 0 unspecified atom stereocenters. The van der Waals surface area contributed by atoms with E-state index in [1.807, 2.05) is 0 Å². The predicted octanol–water partition coefficient (Wildman–Crippen LogP) is 4.31. The Morgan fingerprint density at radius 1 is 1.00 bits per heavy atom. The molecular weight excluding hydrogens is 284 g/mol. The van der Waals surface area contributed by atoms with Crippen LogP contribution in [0.2, 0.25) is 0 Å². The number of hydrogen-bond donors (Lipinski definition) is 0. The number of anilines is 1. The largest absolute Gasteiger partial charge is 0.368 e. The number of nitrogens with zero attached hydrogens (tertiary/aromatic N) is 2. The molecular formula is C20H32N2O. The van der Waals surface area contributed by atoms with Gasteiger partial charge in [-0.2, -0.15) is 0 Å². The maximum absolute atomic E-state index is 12.3. The van der Waals surface area contributed by atoms with E-state index < -0.39 is 0 Å². The summed E-state index contributed by atoms with van der Waals surface area (Å²) >= 11 is 0. The molecule has 0 saturated carbocycles. The van der Waals surface area contributed by atoms with Crippen LogP contribution < -0.4 is 4.90 Å². The minimum Gasteiger partial charge on any atom is -0.368 e. The molecule has 2 rings (SSSR count). The molecule has 0 spiro atoms. The lowest BCUT2D eigenvalue weighted by molar-refractivity contribution is -0.131. The number of aryl methyl sites for hydroxylation is 1. The van der Waals surface area contributed by atoms with Gasteiger partial charge in [0.25, 0.3) is 0 Å². The van der Waals surface area contributed by atoms with E-state index in [9.17, 15) is 4.79 Å². The number of piperazine rings is 1. The fourth-order valence-corrected chi connectivity index (χ4v) is 3.31. The highest BCUT2D eigenvalue weighted by molar-refractivity contribution is 5.76. The van der Waals surface area contributed by atoms with Crippen LogP contribution in [0.15, 0.2) is 18.2 Å². The molecule has 3 nitrogen and oxygen atoms in total. The zero-order valence-electron chi connectivity index (χ0n) is 15.1. The van der Waals surface area contributed by atoms with Crippen LogP contribution in [-0.2, 0) is 4.79 Å². The molecule has 1 aromatic rings. The number of carbonyl (C=O) groups excluding carboxylic acids is 1. The summed E-state index contributed by atoms with van der Waals surface area (Å²) in [5.41, 5.74) is 4.04. The molecule has 0 aromatic heterocycles. The smallest absolute Gasteiger partial charge is 0.222 e. The molecule has 0 atom stereocenters. The maximum atomic E-state index is 12.3. The van der Waals surface area contributed by atoms with Gasteiger partial charge in [0.2, 0.25) is 5.91 Å². The summed E-state index contributed by atoms with van der Waals surface area (Å²) < 4.78 is 0. The van der Waals surface area contributed by atoms with E-state index in [4.69, 9.17) is 0 Å². The van der Waals surface area contributed by atoms with Crippen LogP contribution >= 0.6 is 0 Å². The Hall–Kier alpha value is -1.51. The van der Waals surface area contributed by atoms with Gasteiger partial charge >= 0.3 is 0 Å². The van der Waals surface area contributed by atoms with Crippen molar-refractivity contribution in [3.8, 4) is 0 Å². The Labute approximate surface area is 141 Å². The van der Waals surface area contributed by atoms with Gasteiger partial charge in [0, 0.05) is 38.3 Å². The van der Waals surface area contributed by atoms with E-state index >= 15 is 0 Å². The van der Waals surface area contributed by atoms with Gasteiger partial charge in [-0.3, -0.25) is 4.79 Å². The molecule has 3 heteroatoms. The van der Waals surface area contributed by atoms with Crippen LogP contribution in [0.4, 0.5) is 5.69 Å². The zero-order chi connectivity index (χ0) is 16.7. The minimum atomic E-state index is 0.349. The van der Waals surface area contributed by atoms with Crippen LogP contribution in [0.5, 0.6) is 0 Å². The first-order valence-corrected chi connectivity index (χ1v) is 9.22. The summed E-state index contributed by atoms with van der Waals surface area (Å²) in [6, 6.07) is 6.50. The number of hydrogen-bond acceptors (Lipinski definition) is 2. The van der Waals surface area contributed by atoms with Crippen molar-refractivity contribution in [2.75, 3.05) is 31.1 Å². The van der Waals surface area contributed by atoms with Crippen molar-refractivity contribution in [1.82, 2.24) is 4.90 Å². The summed E-state index contributed by atoms with van der Waals surface area (Å²) in [6.07, 6.45) is 6.80. The van der Waals surface area contributed by atoms with E-state index in [0.29, 0.717) is 5.91 Å². The molecule has 1 fully saturated rings. The van der Waals surface area contributed by atoms with Gasteiger partial charge < -0.3 is 9.80 Å². The first-order chi connectivity index (χ1) is 11.1. The lowest BCUT2D eigenvalue weighted by Crippen LogP contribution is -2.49. The molecule has 0 N–H and O–H groups in total. The monoisotopic (exact) mass is 316 g/mol. The van der Waals surface area contributed by atoms with E-state index in [-0.39, 0.29) is 0 Å². The summed E-state index contributed by atoms with van der Waals surface area (Å²) in [4.78, 5) is 16.8. The summed E-state index contributed by atoms with van der Waals surface area (Å²) in [5.74, 6) is 0.349. The topological polar surface area (TPSA) is 23.6 Å². The lowest BCUT2D eigenvalue weighted by Gasteiger charge is -2.37. The van der Waals surface area contributed by atoms with Gasteiger partial charge in [-0.1, -0.05) is 44.7 Å². The Morgan fingerprint density at radius 3 is 2.39 bits per heavy atom. The summed E-state index contributed by atoms with van der Waals surface area (Å²) in [5, 5.41) is 0. The highest BCUT2D eigenvalue weighted by Crippen LogP contribution is 2.24. The van der Waals surface area contributed by atoms with Crippen molar-refractivity contribution < 1.29 is 4.79 Å². The second kappa shape index (κ2) is 8.95. The predicted molar refractivity (Wildman–Crippen MR) is 98.1 cm³/mol. The Kier molecular flexibility index (Phi) is 6.94. The van der Waals surface area contributed by atoms with E-state index in [1.54, 1.807) is 0 Å². The molecule has 1 aliphatic heterocycles. The van der Waals surface area contributed by atoms with Crippen LogP contribution in [0.25, 0.3) is 0 Å². The van der Waals surface area contributed by atoms with Gasteiger partial charge in [-0.05, 0) is 37.5 Å². The van der Waals surface area contributed by atoms with Gasteiger partial charge in [-0.25, -0.2) is 0 Å². The minimum absolute atomic E-state index is 0.349. The molecule has 0 aliphatic carbocycles. The fraction of sp³-hybridized carbons (Fsp3) is 0.650. The van der Waals surface area contributed by atoms with Crippen molar-refractivity contribution in [2.45, 2.75) is 59.3 Å². The highest BCUT2D eigenvalue weighted by atomic mass is 16.2. The van der Waals surface area contributed by atoms with E-state index in [0.717, 1.165) is 39.0 Å². The number of unbranched alkanes of at least 4 members (excludes halogenated alkanes) is 4. The molecule has 1 heterocycles. The molecule has 1 amide bonds. The van der Waals surface area contributed by atoms with E-state index in [2.05, 4.69) is 48.8 Å². The van der Waals surface area contributed by atoms with E-state index in [1.165, 1.54) is 42.5 Å². The molecule has 128 valence electrons. The molecule has 1 aromatic carbocycles. The second-order valence-corrected chi connectivity index (χ2v) is 6.75. The zero-order valence-corrected chi connectivity index (χ0v) is 15.1. The summed E-state index contributed by atoms with van der Waals surface area (Å²) in [7, 11) is 0. The Morgan fingerprint density at radius 2 is 1.70 bits per heavy atom. The molecule has 0 radical (unpaired) electrons. The highest BCUT2D eigenvalue weighted by Gasteiger charge is 2.21. The number of amides is 1. The average Bonchev–Trinajstić information content (AvgIpc) is 2.57. The van der Waals surface area contributed by atoms with Crippen LogP contribution in [0.3, 0.4) is 0 Å². The fourth-order valence-electron chi connectivity index (χ4n) is 3.31. The normalized spacial score (nSPS) is 15.1. The Bertz CT molecular complexity index is 504. The third-order valence-corrected chi connectivity index (χ3v) is 5.04. The third-order valence-electron chi connectivity index (χ3n) is 5.04. The first kappa shape index (κ1) is 17.8. The van der Waals surface area contributed by atoms with Crippen molar-refractivity contribution in [3.63, 3.8) is 0 Å². The van der Waals surface area contributed by atoms with Gasteiger partial charge in [0.1, 0.15) is 0 Å². The van der Waals surface area contributed by atoms with Gasteiger partial charge in [0.05, 0.1) is 0 Å². The van der Waals surface area contributed by atoms with Crippen molar-refractivity contribution in [1.29, 1.82) is 0 Å². The first-order valence-electron chi connectivity index (χ1n) is 9.22. The quantitative estimate of drug-likeness (QED) is 0.700. The van der Waals surface area contributed by atoms with Gasteiger partial charge in [-0.15, -0.1) is 0 Å². The third kappa shape index (κ3) is 4.98. The SMILES string of the molecule is CCCCCCCC(=O)N1CCN(c2cccc(C)c2C)CC1. The lowest BCUT2D eigenvalue weighted by atomic mass is 10.1. The maximum Gasteiger partial charge on any atom is 0.222 e. The second-order valence-electron chi connectivity index (χ2n) is 6.75. The number of rotatable bonds is 7. The Balaban J connectivity index is 1.77. The summed E-state index contributed by atoms with van der Waals surface area (Å²) in [6.45, 7) is 10.2. The molecule has 1 saturated heterocycles. The van der Waals surface area contributed by atoms with Crippen LogP contribution in [0.1, 0.15) is 56.6 Å². The molecule has 23 heavy (non-hydrogen) atoms. The van der Waals surface area contributed by atoms with Crippen LogP contribution in [0, 0.1) is 13.8 Å². The molecule has 1 aliphatic rings. The average molecular weight is 316 g/mol. The van der Waals surface area contributed by atoms with Crippen molar-refractivity contribution >= 4 is 11.6 Å². The van der Waals surface area contributed by atoms with Gasteiger partial charge in [0.15, 0.2) is 0 Å².